The normalized spacial score (nSPS) is 14.5. The molecule has 35 heavy (non-hydrogen) atoms. The Kier molecular flexibility index (Phi) is 5.63. The number of nitrogens with zero attached hydrogens (tertiary/aromatic N) is 2. The number of nitro groups is 1. The lowest BCUT2D eigenvalue weighted by molar-refractivity contribution is -0.384. The first-order valence-corrected chi connectivity index (χ1v) is 11.2. The molecule has 0 bridgehead atoms. The Hall–Kier alpha value is -4.71. The minimum absolute atomic E-state index is 0.0179. The lowest BCUT2D eigenvalue weighted by Gasteiger charge is -2.23. The molecule has 6 heteroatoms. The second kappa shape index (κ2) is 8.91. The molecule has 1 aliphatic rings. The van der Waals surface area contributed by atoms with Gasteiger partial charge < -0.3 is 4.42 Å². The second-order valence-electron chi connectivity index (χ2n) is 8.43. The standard InChI is InChI=1S/C29H22N2O4/c1-19-8-9-20(2)26(16-19)30-27(21-6-4-3-5-7-21)18-23(29(30)32)17-25-14-15-28(35-25)22-10-12-24(13-11-22)31(33)34/h3-18H,1-2H3/b23-17+. The number of carbonyl (C=O) groups is 1. The minimum atomic E-state index is -0.439. The van der Waals surface area contributed by atoms with Crippen molar-refractivity contribution in [2.24, 2.45) is 0 Å². The van der Waals surface area contributed by atoms with Gasteiger partial charge >= 0.3 is 0 Å². The Bertz CT molecular complexity index is 1500. The zero-order valence-electron chi connectivity index (χ0n) is 19.3. The van der Waals surface area contributed by atoms with E-state index in [0.29, 0.717) is 17.1 Å². The zero-order chi connectivity index (χ0) is 24.5. The molecule has 0 fully saturated rings. The molecule has 0 saturated carbocycles. The summed E-state index contributed by atoms with van der Waals surface area (Å²) in [6, 6.07) is 25.6. The van der Waals surface area contributed by atoms with Crippen LogP contribution in [0.2, 0.25) is 0 Å². The van der Waals surface area contributed by atoms with Crippen LogP contribution in [0.15, 0.2) is 101 Å². The number of nitro benzene ring substituents is 1. The Morgan fingerprint density at radius 3 is 2.34 bits per heavy atom. The van der Waals surface area contributed by atoms with Crippen molar-refractivity contribution in [1.29, 1.82) is 0 Å². The first-order chi connectivity index (χ1) is 16.9. The Morgan fingerprint density at radius 1 is 0.886 bits per heavy atom. The number of hydrogen-bond acceptors (Lipinski definition) is 4. The van der Waals surface area contributed by atoms with Crippen molar-refractivity contribution in [2.75, 3.05) is 4.90 Å². The molecule has 0 radical (unpaired) electrons. The van der Waals surface area contributed by atoms with E-state index in [4.69, 9.17) is 4.42 Å². The maximum atomic E-state index is 13.6. The third-order valence-corrected chi connectivity index (χ3v) is 5.95. The number of carbonyl (C=O) groups excluding carboxylic acids is 1. The smallest absolute Gasteiger partial charge is 0.269 e. The van der Waals surface area contributed by atoms with Crippen molar-refractivity contribution < 1.29 is 14.1 Å². The van der Waals surface area contributed by atoms with Gasteiger partial charge in [-0.05, 0) is 73.0 Å². The molecular formula is C29H22N2O4. The fraction of sp³-hybridized carbons (Fsp3) is 0.0690. The first-order valence-electron chi connectivity index (χ1n) is 11.2. The molecule has 2 heterocycles. The highest BCUT2D eigenvalue weighted by Crippen LogP contribution is 2.37. The summed E-state index contributed by atoms with van der Waals surface area (Å²) >= 11 is 0. The van der Waals surface area contributed by atoms with Crippen LogP contribution >= 0.6 is 0 Å². The Balaban J connectivity index is 1.53. The topological polar surface area (TPSA) is 76.6 Å². The van der Waals surface area contributed by atoms with E-state index in [9.17, 15) is 14.9 Å². The van der Waals surface area contributed by atoms with Crippen LogP contribution in [0, 0.1) is 24.0 Å². The van der Waals surface area contributed by atoms with Gasteiger partial charge in [-0.15, -0.1) is 0 Å². The predicted molar refractivity (Wildman–Crippen MR) is 137 cm³/mol. The number of rotatable bonds is 5. The van der Waals surface area contributed by atoms with E-state index in [2.05, 4.69) is 0 Å². The van der Waals surface area contributed by atoms with Crippen LogP contribution in [0.4, 0.5) is 11.4 Å². The largest absolute Gasteiger partial charge is 0.457 e. The first kappa shape index (κ1) is 22.1. The highest BCUT2D eigenvalue weighted by Gasteiger charge is 2.31. The van der Waals surface area contributed by atoms with Crippen LogP contribution in [-0.4, -0.2) is 10.8 Å². The molecule has 1 aromatic heterocycles. The van der Waals surface area contributed by atoms with Crippen molar-refractivity contribution in [1.82, 2.24) is 0 Å². The molecule has 4 aromatic rings. The van der Waals surface area contributed by atoms with Crippen LogP contribution in [0.1, 0.15) is 22.5 Å². The molecule has 3 aromatic carbocycles. The summed E-state index contributed by atoms with van der Waals surface area (Å²) < 4.78 is 5.96. The van der Waals surface area contributed by atoms with Crippen LogP contribution < -0.4 is 4.90 Å². The molecule has 0 atom stereocenters. The number of amides is 1. The van der Waals surface area contributed by atoms with Gasteiger partial charge in [0.05, 0.1) is 16.3 Å². The summed E-state index contributed by atoms with van der Waals surface area (Å²) in [7, 11) is 0. The van der Waals surface area contributed by atoms with Crippen molar-refractivity contribution in [2.45, 2.75) is 13.8 Å². The van der Waals surface area contributed by atoms with E-state index >= 15 is 0 Å². The molecule has 1 aliphatic heterocycles. The highest BCUT2D eigenvalue weighted by molar-refractivity contribution is 6.23. The van der Waals surface area contributed by atoms with Gasteiger partial charge in [-0.3, -0.25) is 19.8 Å². The molecule has 0 unspecified atom stereocenters. The monoisotopic (exact) mass is 462 g/mol. The van der Waals surface area contributed by atoms with Gasteiger partial charge in [0.2, 0.25) is 0 Å². The average Bonchev–Trinajstić information content (AvgIpc) is 3.46. The van der Waals surface area contributed by atoms with Gasteiger partial charge in [0.1, 0.15) is 11.5 Å². The van der Waals surface area contributed by atoms with Gasteiger partial charge in [-0.2, -0.15) is 0 Å². The number of furan rings is 1. The summed E-state index contributed by atoms with van der Waals surface area (Å²) in [4.78, 5) is 25.9. The SMILES string of the molecule is Cc1ccc(C)c(N2C(=O)/C(=C/c3ccc(-c4ccc([N+](=O)[O-])cc4)o3)C=C2c2ccccc2)c1. The van der Waals surface area contributed by atoms with Crippen molar-refractivity contribution in [3.63, 3.8) is 0 Å². The van der Waals surface area contributed by atoms with Crippen LogP contribution in [0.25, 0.3) is 23.1 Å². The van der Waals surface area contributed by atoms with E-state index in [-0.39, 0.29) is 11.6 Å². The van der Waals surface area contributed by atoms with Crippen LogP contribution in [-0.2, 0) is 4.79 Å². The van der Waals surface area contributed by atoms with E-state index in [1.165, 1.54) is 12.1 Å². The molecule has 6 nitrogen and oxygen atoms in total. The van der Waals surface area contributed by atoms with Gasteiger partial charge in [0.15, 0.2) is 0 Å². The Morgan fingerprint density at radius 2 is 1.63 bits per heavy atom. The highest BCUT2D eigenvalue weighted by atomic mass is 16.6. The van der Waals surface area contributed by atoms with E-state index in [1.807, 2.05) is 68.5 Å². The summed E-state index contributed by atoms with van der Waals surface area (Å²) in [6.45, 7) is 4.00. The van der Waals surface area contributed by atoms with Gasteiger partial charge in [-0.1, -0.05) is 42.5 Å². The fourth-order valence-corrected chi connectivity index (χ4v) is 4.12. The fourth-order valence-electron chi connectivity index (χ4n) is 4.12. The zero-order valence-corrected chi connectivity index (χ0v) is 19.3. The molecule has 0 saturated heterocycles. The minimum Gasteiger partial charge on any atom is -0.457 e. The van der Waals surface area contributed by atoms with Crippen LogP contribution in [0.3, 0.4) is 0 Å². The third-order valence-electron chi connectivity index (χ3n) is 5.95. The molecule has 0 N–H and O–H groups in total. The molecule has 1 amide bonds. The average molecular weight is 463 g/mol. The van der Waals surface area contributed by atoms with E-state index in [1.54, 1.807) is 35.2 Å². The number of anilines is 1. The van der Waals surface area contributed by atoms with E-state index < -0.39 is 4.92 Å². The molecule has 5 rings (SSSR count). The number of aryl methyl sites for hydroxylation is 2. The summed E-state index contributed by atoms with van der Waals surface area (Å²) in [5.74, 6) is 0.954. The Labute approximate surface area is 202 Å². The van der Waals surface area contributed by atoms with Gasteiger partial charge in [-0.25, -0.2) is 0 Å². The van der Waals surface area contributed by atoms with Crippen LogP contribution in [0.5, 0.6) is 0 Å². The van der Waals surface area contributed by atoms with E-state index in [0.717, 1.165) is 33.6 Å². The molecule has 0 aliphatic carbocycles. The molecular weight excluding hydrogens is 440 g/mol. The van der Waals surface area contributed by atoms with Crippen molar-refractivity contribution in [3.8, 4) is 11.3 Å². The van der Waals surface area contributed by atoms with Gasteiger partial charge in [0, 0.05) is 23.3 Å². The lowest BCUT2D eigenvalue weighted by atomic mass is 10.1. The third kappa shape index (κ3) is 4.29. The number of hydrogen-bond donors (Lipinski definition) is 0. The lowest BCUT2D eigenvalue weighted by Crippen LogP contribution is -2.25. The maximum Gasteiger partial charge on any atom is 0.269 e. The predicted octanol–water partition coefficient (Wildman–Crippen LogP) is 6.94. The number of benzene rings is 3. The number of non-ortho nitro benzene ring substituents is 1. The quantitative estimate of drug-likeness (QED) is 0.183. The van der Waals surface area contributed by atoms with Crippen molar-refractivity contribution >= 4 is 29.1 Å². The maximum absolute atomic E-state index is 13.6. The molecule has 172 valence electrons. The summed E-state index contributed by atoms with van der Waals surface area (Å²) in [5.41, 5.74) is 5.91. The van der Waals surface area contributed by atoms with Gasteiger partial charge in [0.25, 0.3) is 11.6 Å². The molecule has 0 spiro atoms. The second-order valence-corrected chi connectivity index (χ2v) is 8.43. The summed E-state index contributed by atoms with van der Waals surface area (Å²) in [6.07, 6.45) is 3.61. The van der Waals surface area contributed by atoms with Crippen molar-refractivity contribution in [3.05, 3.63) is 129 Å². The summed E-state index contributed by atoms with van der Waals surface area (Å²) in [5, 5.41) is 10.9.